The monoisotopic (exact) mass is 270 g/mol. The molecule has 100 valence electrons. The third-order valence-corrected chi connectivity index (χ3v) is 13.1. The number of fused-ring (bicyclic) bond motifs is 2. The number of hydrogen-bond acceptors (Lipinski definition) is 2. The van der Waals surface area contributed by atoms with E-state index in [-0.39, 0.29) is 0 Å². The molecule has 0 aromatic rings. The van der Waals surface area contributed by atoms with Crippen LogP contribution in [0.3, 0.4) is 0 Å². The third-order valence-electron chi connectivity index (χ3n) is 5.43. The molecule has 2 rings (SSSR count). The van der Waals surface area contributed by atoms with Crippen LogP contribution >= 0.6 is 0 Å². The minimum Gasteiger partial charge on any atom is -0.337 e. The van der Waals surface area contributed by atoms with Gasteiger partial charge < -0.3 is 9.96 Å². The molecule has 4 heteroatoms. The fourth-order valence-corrected chi connectivity index (χ4v) is 11.6. The molecule has 2 nitrogen and oxygen atoms in total. The van der Waals surface area contributed by atoms with Crippen LogP contribution in [0.4, 0.5) is 0 Å². The van der Waals surface area contributed by atoms with Gasteiger partial charge in [0.05, 0.1) is 0 Å². The van der Waals surface area contributed by atoms with Crippen molar-refractivity contribution in [2.45, 2.75) is 63.5 Å². The fourth-order valence-electron chi connectivity index (χ4n) is 4.37. The molecule has 2 bridgehead atoms. The van der Waals surface area contributed by atoms with Crippen LogP contribution in [0.1, 0.15) is 26.2 Å². The normalized spacial score (nSPS) is 41.1. The van der Waals surface area contributed by atoms with E-state index in [0.717, 1.165) is 17.0 Å². The molecule has 2 fully saturated rings. The van der Waals surface area contributed by atoms with E-state index in [0.29, 0.717) is 0 Å². The lowest BCUT2D eigenvalue weighted by Crippen LogP contribution is -2.55. The van der Waals surface area contributed by atoms with Gasteiger partial charge in [-0.15, -0.1) is 0 Å². The van der Waals surface area contributed by atoms with Crippen molar-refractivity contribution in [1.29, 1.82) is 0 Å². The Morgan fingerprint density at radius 1 is 0.824 bits per heavy atom. The average molecular weight is 271 g/mol. The molecule has 17 heavy (non-hydrogen) atoms. The molecule has 0 amide bonds. The molecule has 2 N–H and O–H groups in total. The highest BCUT2D eigenvalue weighted by atomic mass is 28.3. The van der Waals surface area contributed by atoms with Gasteiger partial charge in [0.2, 0.25) is 0 Å². The van der Waals surface area contributed by atoms with E-state index in [1.165, 1.54) is 32.4 Å². The van der Waals surface area contributed by atoms with Crippen molar-refractivity contribution >= 4 is 16.5 Å². The Balaban J connectivity index is 2.22. The maximum atomic E-state index is 3.93. The second kappa shape index (κ2) is 4.80. The van der Waals surface area contributed by atoms with Gasteiger partial charge in [-0.2, -0.15) is 0 Å². The first-order valence-corrected chi connectivity index (χ1v) is 13.5. The molecule has 0 spiro atoms. The highest BCUT2D eigenvalue weighted by Crippen LogP contribution is 2.52. The SMILES string of the molecule is CC1C2CCC1[Si](C)(C)NCCCN[Si]2(C)C. The number of nitrogens with one attached hydrogen (secondary N) is 2. The van der Waals surface area contributed by atoms with Gasteiger partial charge in [-0.05, 0) is 36.5 Å². The van der Waals surface area contributed by atoms with E-state index in [2.05, 4.69) is 43.1 Å². The Hall–Kier alpha value is 0.354. The molecule has 1 aliphatic heterocycles. The number of hydrogen-bond donors (Lipinski definition) is 2. The quantitative estimate of drug-likeness (QED) is 0.661. The minimum atomic E-state index is -1.20. The maximum absolute atomic E-state index is 3.93. The second-order valence-electron chi connectivity index (χ2n) is 7.30. The molecule has 2 atom stereocenters. The van der Waals surface area contributed by atoms with Gasteiger partial charge in [-0.1, -0.05) is 46.0 Å². The van der Waals surface area contributed by atoms with Crippen molar-refractivity contribution in [3.63, 3.8) is 0 Å². The van der Waals surface area contributed by atoms with Gasteiger partial charge in [0, 0.05) is 0 Å². The summed E-state index contributed by atoms with van der Waals surface area (Å²) in [6.45, 7) is 15.2. The first-order chi connectivity index (χ1) is 7.84. The van der Waals surface area contributed by atoms with Crippen LogP contribution in [-0.2, 0) is 0 Å². The summed E-state index contributed by atoms with van der Waals surface area (Å²) in [4.78, 5) is 7.86. The van der Waals surface area contributed by atoms with E-state index in [1.54, 1.807) is 0 Å². The topological polar surface area (TPSA) is 24.1 Å². The molecule has 1 heterocycles. The van der Waals surface area contributed by atoms with E-state index < -0.39 is 16.5 Å². The van der Waals surface area contributed by atoms with Crippen molar-refractivity contribution in [3.8, 4) is 0 Å². The van der Waals surface area contributed by atoms with Crippen LogP contribution in [0.15, 0.2) is 0 Å². The summed E-state index contributed by atoms with van der Waals surface area (Å²) in [5.41, 5.74) is 2.00. The van der Waals surface area contributed by atoms with Crippen LogP contribution in [-0.4, -0.2) is 29.6 Å². The summed E-state index contributed by atoms with van der Waals surface area (Å²) in [5, 5.41) is 0. The van der Waals surface area contributed by atoms with Crippen LogP contribution in [0, 0.1) is 5.92 Å². The Kier molecular flexibility index (Phi) is 3.89. The molecule has 0 aromatic carbocycles. The Bertz CT molecular complexity index is 253. The molecule has 0 radical (unpaired) electrons. The summed E-state index contributed by atoms with van der Waals surface area (Å²) < 4.78 is 0. The molecular formula is C13H30N2Si2. The number of rotatable bonds is 0. The largest absolute Gasteiger partial charge is 0.337 e. The Morgan fingerprint density at radius 2 is 1.24 bits per heavy atom. The lowest BCUT2D eigenvalue weighted by molar-refractivity contribution is 0.555. The lowest BCUT2D eigenvalue weighted by Gasteiger charge is -2.40. The van der Waals surface area contributed by atoms with Crippen molar-refractivity contribution in [3.05, 3.63) is 0 Å². The van der Waals surface area contributed by atoms with Crippen molar-refractivity contribution in [1.82, 2.24) is 9.96 Å². The van der Waals surface area contributed by atoms with E-state index in [9.17, 15) is 0 Å². The van der Waals surface area contributed by atoms with E-state index in [4.69, 9.17) is 0 Å². The maximum Gasteiger partial charge on any atom is 0.122 e. The molecule has 1 aliphatic carbocycles. The smallest absolute Gasteiger partial charge is 0.122 e. The predicted octanol–water partition coefficient (Wildman–Crippen LogP) is 3.15. The zero-order valence-corrected chi connectivity index (χ0v) is 14.3. The molecule has 1 saturated carbocycles. The summed E-state index contributed by atoms with van der Waals surface area (Å²) in [6.07, 6.45) is 4.27. The van der Waals surface area contributed by atoms with Gasteiger partial charge in [0.25, 0.3) is 0 Å². The molecule has 0 aromatic heterocycles. The van der Waals surface area contributed by atoms with Gasteiger partial charge in [-0.25, -0.2) is 0 Å². The van der Waals surface area contributed by atoms with Crippen molar-refractivity contribution in [2.24, 2.45) is 5.92 Å². The first-order valence-electron chi connectivity index (χ1n) is 7.34. The Labute approximate surface area is 109 Å². The van der Waals surface area contributed by atoms with Crippen molar-refractivity contribution < 1.29 is 0 Å². The lowest BCUT2D eigenvalue weighted by atomic mass is 10.1. The average Bonchev–Trinajstić information content (AvgIpc) is 2.59. The molecule has 2 unspecified atom stereocenters. The first kappa shape index (κ1) is 13.8. The zero-order chi connectivity index (χ0) is 12.7. The van der Waals surface area contributed by atoms with Gasteiger partial charge >= 0.3 is 0 Å². The predicted molar refractivity (Wildman–Crippen MR) is 81.5 cm³/mol. The van der Waals surface area contributed by atoms with Gasteiger partial charge in [0.1, 0.15) is 16.5 Å². The summed E-state index contributed by atoms with van der Waals surface area (Å²) in [7, 11) is -2.39. The molecule has 2 aliphatic rings. The summed E-state index contributed by atoms with van der Waals surface area (Å²) in [6, 6.07) is 0. The second-order valence-corrected chi connectivity index (χ2v) is 16.4. The van der Waals surface area contributed by atoms with E-state index >= 15 is 0 Å². The highest BCUT2D eigenvalue weighted by molar-refractivity contribution is 6.78. The fraction of sp³-hybridized carbons (Fsp3) is 1.00. The van der Waals surface area contributed by atoms with E-state index in [1.807, 2.05) is 0 Å². The van der Waals surface area contributed by atoms with Crippen LogP contribution < -0.4 is 9.96 Å². The van der Waals surface area contributed by atoms with Crippen LogP contribution in [0.5, 0.6) is 0 Å². The summed E-state index contributed by atoms with van der Waals surface area (Å²) >= 11 is 0. The van der Waals surface area contributed by atoms with Gasteiger partial charge in [-0.3, -0.25) is 0 Å². The Morgan fingerprint density at radius 3 is 1.65 bits per heavy atom. The molecule has 1 saturated heterocycles. The minimum absolute atomic E-state index is 0.941. The zero-order valence-electron chi connectivity index (χ0n) is 12.3. The van der Waals surface area contributed by atoms with Gasteiger partial charge in [0.15, 0.2) is 0 Å². The summed E-state index contributed by atoms with van der Waals surface area (Å²) in [5.74, 6) is 0.941. The van der Waals surface area contributed by atoms with Crippen molar-refractivity contribution in [2.75, 3.05) is 13.1 Å². The highest BCUT2D eigenvalue weighted by Gasteiger charge is 2.48. The third kappa shape index (κ3) is 2.70. The van der Waals surface area contributed by atoms with Crippen LogP contribution in [0.2, 0.25) is 37.3 Å². The standard InChI is InChI=1S/C13H30N2Si2/c1-11-12-7-8-13(11)17(4,5)15-10-6-9-14-16(12,2)3/h11-15H,6-10H2,1-5H3. The molecular weight excluding hydrogens is 240 g/mol. The van der Waals surface area contributed by atoms with Crippen LogP contribution in [0.25, 0.3) is 0 Å².